The molecule has 1 fully saturated rings. The van der Waals surface area contributed by atoms with E-state index in [9.17, 15) is 9.90 Å². The molecule has 8 nitrogen and oxygen atoms in total. The van der Waals surface area contributed by atoms with Gasteiger partial charge in [0.1, 0.15) is 11.3 Å². The van der Waals surface area contributed by atoms with Crippen LogP contribution in [-0.2, 0) is 0 Å². The molecule has 0 unspecified atom stereocenters. The molecule has 1 saturated carbocycles. The number of rotatable bonds is 6. The van der Waals surface area contributed by atoms with Gasteiger partial charge in [-0.25, -0.2) is 9.78 Å². The van der Waals surface area contributed by atoms with Crippen LogP contribution < -0.4 is 4.74 Å². The van der Waals surface area contributed by atoms with Gasteiger partial charge < -0.3 is 9.84 Å². The standard InChI is InChI=1S/C27H21N5O3.2Li/c1-15-5-4-8-21-22(15)23(27(33)34)25(24(28-21)17-9-10-17)35-18-13-11-16(12-14-18)19-6-2-3-7-20(19)26-29-31-32-30-26;;/h2-8,11-14,17H,9-10H2,1H3,(H,33,34)(H,29,30,31,32);;. The molecule has 2 N–H and O–H groups in total. The van der Waals surface area contributed by atoms with Crippen molar-refractivity contribution in [3.8, 4) is 34.0 Å². The number of hydrogen-bond donors (Lipinski definition) is 2. The largest absolute Gasteiger partial charge is 0.478 e. The first-order valence-electron chi connectivity index (χ1n) is 11.4. The fourth-order valence-corrected chi connectivity index (χ4v) is 4.46. The Bertz CT molecular complexity index is 1570. The summed E-state index contributed by atoms with van der Waals surface area (Å²) >= 11 is 0. The zero-order valence-electron chi connectivity index (χ0n) is 20.9. The van der Waals surface area contributed by atoms with Crippen LogP contribution in [-0.4, -0.2) is 74.4 Å². The van der Waals surface area contributed by atoms with Crippen LogP contribution in [0.15, 0.2) is 66.7 Å². The molecule has 174 valence electrons. The minimum Gasteiger partial charge on any atom is -0.478 e. The first kappa shape index (κ1) is 26.7. The van der Waals surface area contributed by atoms with Crippen LogP contribution >= 0.6 is 0 Å². The van der Waals surface area contributed by atoms with Crippen LogP contribution in [0.5, 0.6) is 11.5 Å². The molecular formula is C27H21Li2N5O3. The Labute approximate surface area is 237 Å². The summed E-state index contributed by atoms with van der Waals surface area (Å²) in [5.74, 6) is 0.591. The molecular weight excluding hydrogens is 456 g/mol. The maximum Gasteiger partial charge on any atom is 0.340 e. The molecule has 2 aromatic heterocycles. The SMILES string of the molecule is Cc1cccc2nc(C3CC3)c(Oc3ccc(-c4ccccc4-c4nn[nH]n4)cc3)c(C(=O)O)c12.[Li].[Li]. The predicted octanol–water partition coefficient (Wildman–Crippen LogP) is 5.00. The van der Waals surface area contributed by atoms with E-state index in [-0.39, 0.29) is 49.2 Å². The van der Waals surface area contributed by atoms with Crippen molar-refractivity contribution in [2.24, 2.45) is 0 Å². The molecule has 0 bridgehead atoms. The average Bonchev–Trinajstić information content (AvgIpc) is 3.57. The molecule has 1 aliphatic rings. The molecule has 0 atom stereocenters. The molecule has 2 heterocycles. The number of aromatic nitrogens is 5. The topological polar surface area (TPSA) is 114 Å². The Morgan fingerprint density at radius 3 is 2.35 bits per heavy atom. The quantitative estimate of drug-likeness (QED) is 0.331. The van der Waals surface area contributed by atoms with Crippen molar-refractivity contribution < 1.29 is 14.6 Å². The van der Waals surface area contributed by atoms with Gasteiger partial charge in [-0.2, -0.15) is 5.21 Å². The smallest absolute Gasteiger partial charge is 0.340 e. The molecule has 0 amide bonds. The third-order valence-corrected chi connectivity index (χ3v) is 6.28. The molecule has 1 aliphatic carbocycles. The number of aromatic carboxylic acids is 1. The van der Waals surface area contributed by atoms with Gasteiger partial charge in [-0.1, -0.05) is 48.5 Å². The van der Waals surface area contributed by atoms with Gasteiger partial charge >= 0.3 is 5.97 Å². The van der Waals surface area contributed by atoms with E-state index in [1.54, 1.807) is 0 Å². The average molecular weight is 477 g/mol. The summed E-state index contributed by atoms with van der Waals surface area (Å²) in [6, 6.07) is 21.0. The summed E-state index contributed by atoms with van der Waals surface area (Å²) < 4.78 is 6.28. The minimum absolute atomic E-state index is 0. The van der Waals surface area contributed by atoms with Gasteiger partial charge in [-0.05, 0) is 59.9 Å². The van der Waals surface area contributed by atoms with Gasteiger partial charge in [0, 0.05) is 54.6 Å². The van der Waals surface area contributed by atoms with Crippen LogP contribution in [0, 0.1) is 6.92 Å². The van der Waals surface area contributed by atoms with Crippen LogP contribution in [0.1, 0.15) is 40.4 Å². The second-order valence-corrected chi connectivity index (χ2v) is 8.66. The zero-order valence-corrected chi connectivity index (χ0v) is 20.9. The number of fused-ring (bicyclic) bond motifs is 1. The van der Waals surface area contributed by atoms with E-state index in [2.05, 4.69) is 20.6 Å². The molecule has 6 rings (SSSR count). The number of benzene rings is 3. The number of aryl methyl sites for hydroxylation is 1. The summed E-state index contributed by atoms with van der Waals surface area (Å²) in [6.07, 6.45) is 1.96. The number of carboxylic acid groups (broad SMARTS) is 1. The van der Waals surface area contributed by atoms with Crippen molar-refractivity contribution in [1.82, 2.24) is 25.6 Å². The number of pyridine rings is 1. The summed E-state index contributed by atoms with van der Waals surface area (Å²) in [5.41, 5.74) is 5.18. The van der Waals surface area contributed by atoms with E-state index in [0.717, 1.165) is 35.1 Å². The fraction of sp³-hybridized carbons (Fsp3) is 0.148. The Morgan fingerprint density at radius 1 is 0.973 bits per heavy atom. The maximum absolute atomic E-state index is 12.4. The van der Waals surface area contributed by atoms with E-state index < -0.39 is 5.97 Å². The molecule has 3 aromatic carbocycles. The summed E-state index contributed by atoms with van der Waals surface area (Å²) in [4.78, 5) is 17.3. The van der Waals surface area contributed by atoms with Gasteiger partial charge in [-0.15, -0.1) is 10.2 Å². The zero-order chi connectivity index (χ0) is 23.9. The number of ether oxygens (including phenoxy) is 1. The number of carboxylic acids is 1. The Morgan fingerprint density at radius 2 is 1.70 bits per heavy atom. The number of aromatic amines is 1. The van der Waals surface area contributed by atoms with Gasteiger partial charge in [-0.3, -0.25) is 0 Å². The summed E-state index contributed by atoms with van der Waals surface area (Å²) in [7, 11) is 0. The number of nitrogens with zero attached hydrogens (tertiary/aromatic N) is 4. The van der Waals surface area contributed by atoms with E-state index in [1.165, 1.54) is 0 Å². The van der Waals surface area contributed by atoms with Gasteiger partial charge in [0.05, 0.1) is 11.2 Å². The van der Waals surface area contributed by atoms with Crippen molar-refractivity contribution >= 4 is 54.6 Å². The number of hydrogen-bond acceptors (Lipinski definition) is 6. The molecule has 10 heteroatoms. The van der Waals surface area contributed by atoms with Crippen molar-refractivity contribution in [2.45, 2.75) is 25.7 Å². The molecule has 37 heavy (non-hydrogen) atoms. The van der Waals surface area contributed by atoms with Gasteiger partial charge in [0.15, 0.2) is 5.75 Å². The molecule has 5 aromatic rings. The molecule has 0 spiro atoms. The van der Waals surface area contributed by atoms with Crippen molar-refractivity contribution in [3.63, 3.8) is 0 Å². The van der Waals surface area contributed by atoms with E-state index in [1.807, 2.05) is 73.7 Å². The Kier molecular flexibility index (Phi) is 7.87. The molecule has 2 radical (unpaired) electrons. The second kappa shape index (κ2) is 10.9. The minimum atomic E-state index is -1.02. The maximum atomic E-state index is 12.4. The van der Waals surface area contributed by atoms with E-state index in [0.29, 0.717) is 33.9 Å². The third-order valence-electron chi connectivity index (χ3n) is 6.28. The number of H-pyrrole nitrogens is 1. The number of carbonyl (C=O) groups is 1. The first-order chi connectivity index (χ1) is 17.1. The van der Waals surface area contributed by atoms with E-state index in [4.69, 9.17) is 9.72 Å². The van der Waals surface area contributed by atoms with Crippen LogP contribution in [0.2, 0.25) is 0 Å². The van der Waals surface area contributed by atoms with Crippen molar-refractivity contribution in [3.05, 3.63) is 83.6 Å². The number of nitrogens with one attached hydrogen (secondary N) is 1. The Balaban J connectivity index is 0.00000160. The molecule has 0 saturated heterocycles. The Hall–Kier alpha value is -3.40. The first-order valence-corrected chi connectivity index (χ1v) is 11.4. The predicted molar refractivity (Wildman–Crippen MR) is 142 cm³/mol. The summed E-state index contributed by atoms with van der Waals surface area (Å²) in [6.45, 7) is 1.90. The van der Waals surface area contributed by atoms with Gasteiger partial charge in [0.2, 0.25) is 5.82 Å². The van der Waals surface area contributed by atoms with Gasteiger partial charge in [0.25, 0.3) is 0 Å². The second-order valence-electron chi connectivity index (χ2n) is 8.66. The van der Waals surface area contributed by atoms with Crippen molar-refractivity contribution in [2.75, 3.05) is 0 Å². The number of tetrazole rings is 1. The van der Waals surface area contributed by atoms with Crippen LogP contribution in [0.4, 0.5) is 0 Å². The van der Waals surface area contributed by atoms with E-state index >= 15 is 0 Å². The molecule has 0 aliphatic heterocycles. The monoisotopic (exact) mass is 477 g/mol. The van der Waals surface area contributed by atoms with Crippen LogP contribution in [0.3, 0.4) is 0 Å². The fourth-order valence-electron chi connectivity index (χ4n) is 4.46. The normalized spacial score (nSPS) is 12.5. The third kappa shape index (κ3) is 5.07. The van der Waals surface area contributed by atoms with Crippen molar-refractivity contribution in [1.29, 1.82) is 0 Å². The summed E-state index contributed by atoms with van der Waals surface area (Å²) in [5, 5.41) is 25.1. The van der Waals surface area contributed by atoms with Crippen LogP contribution in [0.25, 0.3) is 33.4 Å².